The van der Waals surface area contributed by atoms with Gasteiger partial charge >= 0.3 is 0 Å². The van der Waals surface area contributed by atoms with E-state index in [1.54, 1.807) is 6.07 Å². The molecule has 1 aliphatic heterocycles. The van der Waals surface area contributed by atoms with Gasteiger partial charge in [0.15, 0.2) is 0 Å². The molecule has 0 amide bonds. The number of phenolic OH excluding ortho intramolecular Hbond substituents is 1. The van der Waals surface area contributed by atoms with E-state index < -0.39 is 0 Å². The molecule has 0 aliphatic carbocycles. The molecule has 82 valence electrons. The lowest BCUT2D eigenvalue weighted by Crippen LogP contribution is -2.35. The summed E-state index contributed by atoms with van der Waals surface area (Å²) in [6, 6.07) is 6.30. The normalized spacial score (nSPS) is 26.5. The van der Waals surface area contributed by atoms with Crippen LogP contribution < -0.4 is 5.32 Å². The standard InChI is InChI=1S/C13H19NO/c1-9-3-4-12(15)8-13(9)11-5-6-14-10(2)7-11/h3-4,8,10-11,14-15H,5-7H2,1-2H3. The van der Waals surface area contributed by atoms with Gasteiger partial charge in [0.05, 0.1) is 0 Å². The SMILES string of the molecule is Cc1ccc(O)cc1C1CCNC(C)C1. The highest BCUT2D eigenvalue weighted by Gasteiger charge is 2.21. The summed E-state index contributed by atoms with van der Waals surface area (Å²) in [5.74, 6) is 0.995. The smallest absolute Gasteiger partial charge is 0.115 e. The maximum absolute atomic E-state index is 9.52. The Kier molecular flexibility index (Phi) is 2.96. The number of hydrogen-bond donors (Lipinski definition) is 2. The van der Waals surface area contributed by atoms with E-state index in [9.17, 15) is 5.11 Å². The highest BCUT2D eigenvalue weighted by Crippen LogP contribution is 2.31. The van der Waals surface area contributed by atoms with E-state index in [-0.39, 0.29) is 0 Å². The topological polar surface area (TPSA) is 32.3 Å². The first kappa shape index (κ1) is 10.5. The van der Waals surface area contributed by atoms with E-state index in [2.05, 4.69) is 19.2 Å². The van der Waals surface area contributed by atoms with Crippen molar-refractivity contribution in [3.8, 4) is 5.75 Å². The Hall–Kier alpha value is -1.02. The molecule has 0 radical (unpaired) electrons. The first-order valence-electron chi connectivity index (χ1n) is 5.69. The molecule has 1 saturated heterocycles. The third kappa shape index (κ3) is 2.32. The molecular formula is C13H19NO. The maximum atomic E-state index is 9.52. The van der Waals surface area contributed by atoms with Crippen molar-refractivity contribution in [3.63, 3.8) is 0 Å². The van der Waals surface area contributed by atoms with Crippen LogP contribution in [0.2, 0.25) is 0 Å². The molecule has 1 heterocycles. The average molecular weight is 205 g/mol. The Morgan fingerprint density at radius 1 is 1.40 bits per heavy atom. The Morgan fingerprint density at radius 3 is 2.93 bits per heavy atom. The average Bonchev–Trinajstić information content (AvgIpc) is 2.22. The van der Waals surface area contributed by atoms with Gasteiger partial charge < -0.3 is 10.4 Å². The number of hydrogen-bond acceptors (Lipinski definition) is 2. The number of piperidine rings is 1. The van der Waals surface area contributed by atoms with Gasteiger partial charge in [0.1, 0.15) is 5.75 Å². The zero-order valence-electron chi connectivity index (χ0n) is 9.46. The van der Waals surface area contributed by atoms with Gasteiger partial charge in [-0.25, -0.2) is 0 Å². The molecule has 0 saturated carbocycles. The van der Waals surface area contributed by atoms with Crippen LogP contribution in [0, 0.1) is 6.92 Å². The second-order valence-electron chi connectivity index (χ2n) is 4.62. The van der Waals surface area contributed by atoms with Crippen LogP contribution in [0.1, 0.15) is 36.8 Å². The van der Waals surface area contributed by atoms with E-state index in [1.807, 2.05) is 12.1 Å². The van der Waals surface area contributed by atoms with Crippen molar-refractivity contribution in [1.82, 2.24) is 5.32 Å². The minimum absolute atomic E-state index is 0.391. The first-order valence-corrected chi connectivity index (χ1v) is 5.69. The molecule has 0 spiro atoms. The molecule has 1 aromatic rings. The zero-order chi connectivity index (χ0) is 10.8. The molecule has 2 atom stereocenters. The Bertz CT molecular complexity index is 348. The van der Waals surface area contributed by atoms with E-state index in [4.69, 9.17) is 0 Å². The van der Waals surface area contributed by atoms with Gasteiger partial charge in [-0.1, -0.05) is 6.07 Å². The van der Waals surface area contributed by atoms with Crippen LogP contribution >= 0.6 is 0 Å². The zero-order valence-corrected chi connectivity index (χ0v) is 9.46. The fourth-order valence-electron chi connectivity index (χ4n) is 2.48. The summed E-state index contributed by atoms with van der Waals surface area (Å²) in [6.07, 6.45) is 2.35. The lowest BCUT2D eigenvalue weighted by molar-refractivity contribution is 0.379. The van der Waals surface area contributed by atoms with E-state index >= 15 is 0 Å². The number of phenols is 1. The van der Waals surface area contributed by atoms with Crippen LogP contribution in [0.5, 0.6) is 5.75 Å². The molecule has 0 bridgehead atoms. The highest BCUT2D eigenvalue weighted by atomic mass is 16.3. The lowest BCUT2D eigenvalue weighted by atomic mass is 9.85. The van der Waals surface area contributed by atoms with Gasteiger partial charge in [-0.15, -0.1) is 0 Å². The molecule has 0 aromatic heterocycles. The third-order valence-electron chi connectivity index (χ3n) is 3.33. The van der Waals surface area contributed by atoms with Crippen molar-refractivity contribution in [2.24, 2.45) is 0 Å². The summed E-state index contributed by atoms with van der Waals surface area (Å²) < 4.78 is 0. The van der Waals surface area contributed by atoms with Gasteiger partial charge in [-0.05, 0) is 62.4 Å². The summed E-state index contributed by atoms with van der Waals surface area (Å²) >= 11 is 0. The number of nitrogens with one attached hydrogen (secondary N) is 1. The summed E-state index contributed by atoms with van der Waals surface area (Å²) in [6.45, 7) is 5.44. The minimum atomic E-state index is 0.391. The van der Waals surface area contributed by atoms with Crippen molar-refractivity contribution >= 4 is 0 Å². The summed E-state index contributed by atoms with van der Waals surface area (Å²) in [4.78, 5) is 0. The van der Waals surface area contributed by atoms with Crippen LogP contribution in [0.25, 0.3) is 0 Å². The molecule has 1 aromatic carbocycles. The monoisotopic (exact) mass is 205 g/mol. The van der Waals surface area contributed by atoms with Crippen molar-refractivity contribution < 1.29 is 5.11 Å². The van der Waals surface area contributed by atoms with Gasteiger partial charge in [-0.3, -0.25) is 0 Å². The Morgan fingerprint density at radius 2 is 2.20 bits per heavy atom. The van der Waals surface area contributed by atoms with Crippen LogP contribution in [0.4, 0.5) is 0 Å². The number of aryl methyl sites for hydroxylation is 1. The second kappa shape index (κ2) is 4.23. The van der Waals surface area contributed by atoms with E-state index in [0.717, 1.165) is 6.54 Å². The summed E-state index contributed by atoms with van der Waals surface area (Å²) in [7, 11) is 0. The molecule has 15 heavy (non-hydrogen) atoms. The third-order valence-corrected chi connectivity index (χ3v) is 3.33. The van der Waals surface area contributed by atoms with Gasteiger partial charge in [0, 0.05) is 6.04 Å². The fourth-order valence-corrected chi connectivity index (χ4v) is 2.48. The molecule has 1 fully saturated rings. The lowest BCUT2D eigenvalue weighted by Gasteiger charge is -2.29. The molecule has 2 nitrogen and oxygen atoms in total. The number of rotatable bonds is 1. The first-order chi connectivity index (χ1) is 7.16. The van der Waals surface area contributed by atoms with Crippen LogP contribution in [-0.4, -0.2) is 17.7 Å². The van der Waals surface area contributed by atoms with Crippen molar-refractivity contribution in [2.75, 3.05) is 6.54 Å². The molecule has 2 rings (SSSR count). The predicted octanol–water partition coefficient (Wildman–Crippen LogP) is 2.56. The van der Waals surface area contributed by atoms with Crippen molar-refractivity contribution in [2.45, 2.75) is 38.6 Å². The Balaban J connectivity index is 2.24. The van der Waals surface area contributed by atoms with Crippen molar-refractivity contribution in [1.29, 1.82) is 0 Å². The molecular weight excluding hydrogens is 186 g/mol. The Labute approximate surface area is 91.3 Å². The van der Waals surface area contributed by atoms with Crippen LogP contribution in [0.3, 0.4) is 0 Å². The van der Waals surface area contributed by atoms with E-state index in [0.29, 0.717) is 17.7 Å². The summed E-state index contributed by atoms with van der Waals surface area (Å²) in [5.41, 5.74) is 2.62. The highest BCUT2D eigenvalue weighted by molar-refractivity contribution is 5.36. The van der Waals surface area contributed by atoms with Crippen LogP contribution in [0.15, 0.2) is 18.2 Å². The maximum Gasteiger partial charge on any atom is 0.115 e. The fraction of sp³-hybridized carbons (Fsp3) is 0.538. The quantitative estimate of drug-likeness (QED) is 0.738. The molecule has 2 heteroatoms. The van der Waals surface area contributed by atoms with Gasteiger partial charge in [-0.2, -0.15) is 0 Å². The van der Waals surface area contributed by atoms with E-state index in [1.165, 1.54) is 24.0 Å². The van der Waals surface area contributed by atoms with Gasteiger partial charge in [0.2, 0.25) is 0 Å². The number of benzene rings is 1. The minimum Gasteiger partial charge on any atom is -0.508 e. The van der Waals surface area contributed by atoms with Crippen molar-refractivity contribution in [3.05, 3.63) is 29.3 Å². The second-order valence-corrected chi connectivity index (χ2v) is 4.62. The summed E-state index contributed by atoms with van der Waals surface area (Å²) in [5, 5.41) is 13.0. The number of aromatic hydroxyl groups is 1. The molecule has 2 N–H and O–H groups in total. The largest absolute Gasteiger partial charge is 0.508 e. The molecule has 1 aliphatic rings. The van der Waals surface area contributed by atoms with Gasteiger partial charge in [0.25, 0.3) is 0 Å². The predicted molar refractivity (Wildman–Crippen MR) is 62.3 cm³/mol. The van der Waals surface area contributed by atoms with Crippen LogP contribution in [-0.2, 0) is 0 Å². The molecule has 2 unspecified atom stereocenters.